The van der Waals surface area contributed by atoms with Crippen LogP contribution in [0.4, 0.5) is 0 Å². The monoisotopic (exact) mass is 368 g/mol. The molecular weight excluding hydrogens is 340 g/mol. The zero-order valence-corrected chi connectivity index (χ0v) is 16.4. The van der Waals surface area contributed by atoms with Crippen LogP contribution in [0.3, 0.4) is 0 Å². The van der Waals surface area contributed by atoms with Crippen molar-refractivity contribution in [3.05, 3.63) is 59.4 Å². The van der Waals surface area contributed by atoms with Gasteiger partial charge in [0.2, 0.25) is 0 Å². The van der Waals surface area contributed by atoms with Crippen LogP contribution in [0.15, 0.2) is 36.9 Å². The van der Waals surface area contributed by atoms with E-state index in [9.17, 15) is 4.79 Å². The smallest absolute Gasteiger partial charge is 0.274 e. The van der Waals surface area contributed by atoms with Crippen molar-refractivity contribution in [3.8, 4) is 5.75 Å². The Bertz CT molecular complexity index is 826. The molecule has 1 aliphatic carbocycles. The number of amides is 1. The Labute approximate surface area is 160 Å². The minimum absolute atomic E-state index is 0.0393. The maximum atomic E-state index is 12.6. The van der Waals surface area contributed by atoms with Crippen LogP contribution in [0.2, 0.25) is 0 Å². The predicted molar refractivity (Wildman–Crippen MR) is 106 cm³/mol. The second-order valence-corrected chi connectivity index (χ2v) is 7.12. The molecule has 1 unspecified atom stereocenters. The Kier molecular flexibility index (Phi) is 5.96. The topological polar surface area (TPSA) is 59.4 Å². The minimum atomic E-state index is -0.0393. The first-order valence-corrected chi connectivity index (χ1v) is 9.31. The summed E-state index contributed by atoms with van der Waals surface area (Å²) in [5, 5.41) is 8.22. The molecule has 0 saturated heterocycles. The molecule has 1 amide bonds. The number of hydrogen-bond acceptors (Lipinski definition) is 4. The zero-order chi connectivity index (χ0) is 19.4. The molecule has 1 atom stereocenters. The molecule has 1 aliphatic rings. The Morgan fingerprint density at radius 1 is 1.48 bits per heavy atom. The van der Waals surface area contributed by atoms with Crippen molar-refractivity contribution >= 4 is 5.91 Å². The van der Waals surface area contributed by atoms with Crippen molar-refractivity contribution in [1.82, 2.24) is 20.0 Å². The fourth-order valence-electron chi connectivity index (χ4n) is 3.56. The van der Waals surface area contributed by atoms with Crippen LogP contribution in [-0.2, 0) is 25.9 Å². The van der Waals surface area contributed by atoms with Crippen LogP contribution in [0, 0.1) is 0 Å². The van der Waals surface area contributed by atoms with Crippen molar-refractivity contribution in [2.45, 2.75) is 38.4 Å². The van der Waals surface area contributed by atoms with Crippen LogP contribution in [-0.4, -0.2) is 47.8 Å². The van der Waals surface area contributed by atoms with Gasteiger partial charge in [-0.25, -0.2) is 0 Å². The maximum absolute atomic E-state index is 12.6. The highest BCUT2D eigenvalue weighted by Gasteiger charge is 2.29. The first kappa shape index (κ1) is 19.2. The van der Waals surface area contributed by atoms with Crippen molar-refractivity contribution < 1.29 is 9.53 Å². The van der Waals surface area contributed by atoms with Gasteiger partial charge in [0.1, 0.15) is 5.75 Å². The largest absolute Gasteiger partial charge is 0.497 e. The molecule has 0 aliphatic heterocycles. The molecule has 1 N–H and O–H groups in total. The lowest BCUT2D eigenvalue weighted by Crippen LogP contribution is -2.35. The third-order valence-electron chi connectivity index (χ3n) is 4.99. The number of ether oxygens (including phenoxy) is 1. The van der Waals surface area contributed by atoms with Gasteiger partial charge in [-0.15, -0.1) is 6.58 Å². The van der Waals surface area contributed by atoms with E-state index in [1.54, 1.807) is 26.1 Å². The highest BCUT2D eigenvalue weighted by molar-refractivity contribution is 5.93. The second-order valence-electron chi connectivity index (χ2n) is 7.12. The van der Waals surface area contributed by atoms with E-state index in [-0.39, 0.29) is 5.91 Å². The number of carbonyl (C=O) groups is 1. The Hall–Kier alpha value is -2.60. The summed E-state index contributed by atoms with van der Waals surface area (Å²) in [6.45, 7) is 5.21. The van der Waals surface area contributed by atoms with Crippen molar-refractivity contribution in [2.24, 2.45) is 0 Å². The van der Waals surface area contributed by atoms with Gasteiger partial charge in [0.05, 0.1) is 13.7 Å². The lowest BCUT2D eigenvalue weighted by atomic mass is 9.91. The number of nitrogens with one attached hydrogen (secondary N) is 1. The summed E-state index contributed by atoms with van der Waals surface area (Å²) >= 11 is 0. The summed E-state index contributed by atoms with van der Waals surface area (Å²) in [5.41, 5.74) is 4.00. The number of benzene rings is 1. The Balaban J connectivity index is 1.76. The van der Waals surface area contributed by atoms with Gasteiger partial charge in [-0.1, -0.05) is 18.2 Å². The number of nitrogens with zero attached hydrogens (tertiary/aromatic N) is 3. The van der Waals surface area contributed by atoms with Gasteiger partial charge in [-0.05, 0) is 37.0 Å². The van der Waals surface area contributed by atoms with E-state index in [4.69, 9.17) is 4.74 Å². The number of methoxy groups -OCH3 is 1. The quantitative estimate of drug-likeness (QED) is 0.763. The number of fused-ring (bicyclic) bond motifs is 1. The summed E-state index contributed by atoms with van der Waals surface area (Å²) in [5.74, 6) is 0.826. The molecule has 0 bridgehead atoms. The van der Waals surface area contributed by atoms with E-state index in [0.29, 0.717) is 18.3 Å². The molecular formula is C21H28N4O2. The number of rotatable bonds is 7. The predicted octanol–water partition coefficient (Wildman–Crippen LogP) is 2.43. The van der Waals surface area contributed by atoms with Crippen LogP contribution < -0.4 is 10.1 Å². The molecule has 6 heteroatoms. The number of carbonyl (C=O) groups excluding carboxylic acids is 1. The summed E-state index contributed by atoms with van der Waals surface area (Å²) in [6.07, 6.45) is 4.57. The third-order valence-corrected chi connectivity index (χ3v) is 4.99. The molecule has 0 radical (unpaired) electrons. The average molecular weight is 368 g/mol. The zero-order valence-electron chi connectivity index (χ0n) is 16.4. The van der Waals surface area contributed by atoms with Gasteiger partial charge in [-0.3, -0.25) is 9.48 Å². The molecule has 6 nitrogen and oxygen atoms in total. The van der Waals surface area contributed by atoms with Crippen LogP contribution >= 0.6 is 0 Å². The normalized spacial score (nSPS) is 15.9. The van der Waals surface area contributed by atoms with E-state index in [1.165, 1.54) is 11.3 Å². The lowest BCUT2D eigenvalue weighted by molar-refractivity contribution is 0.0820. The van der Waals surface area contributed by atoms with Crippen LogP contribution in [0.1, 0.15) is 33.7 Å². The molecule has 0 saturated carbocycles. The third kappa shape index (κ3) is 4.22. The number of allylic oxidation sites excluding steroid dienone is 1. The molecule has 3 rings (SSSR count). The van der Waals surface area contributed by atoms with Crippen LogP contribution in [0.25, 0.3) is 0 Å². The number of hydrogen-bond donors (Lipinski definition) is 1. The van der Waals surface area contributed by atoms with Gasteiger partial charge < -0.3 is 15.0 Å². The van der Waals surface area contributed by atoms with Gasteiger partial charge >= 0.3 is 0 Å². The van der Waals surface area contributed by atoms with Crippen molar-refractivity contribution in [2.75, 3.05) is 21.2 Å². The first-order chi connectivity index (χ1) is 13.0. The Morgan fingerprint density at radius 3 is 3.00 bits per heavy atom. The SMILES string of the molecule is C=CCn1nc(C(=O)N(C)C)c2c1CCC(NCc1cccc(OC)c1)C2. The molecule has 144 valence electrons. The molecule has 0 fully saturated rings. The standard InChI is InChI=1S/C21H28N4O2/c1-5-11-25-19-10-9-16(13-18(19)20(23-25)21(26)24(2)3)22-14-15-7-6-8-17(12-15)27-4/h5-8,12,16,22H,1,9-11,13-14H2,2-4H3. The molecule has 2 aromatic rings. The van der Waals surface area contributed by atoms with Crippen LogP contribution in [0.5, 0.6) is 5.75 Å². The summed E-state index contributed by atoms with van der Waals surface area (Å²) < 4.78 is 7.22. The molecule has 1 aromatic heterocycles. The van der Waals surface area contributed by atoms with Gasteiger partial charge in [0.25, 0.3) is 5.91 Å². The number of aromatic nitrogens is 2. The average Bonchev–Trinajstić information content (AvgIpc) is 3.04. The van der Waals surface area contributed by atoms with Gasteiger partial charge in [0.15, 0.2) is 5.69 Å². The van der Waals surface area contributed by atoms with E-state index >= 15 is 0 Å². The van der Waals surface area contributed by atoms with E-state index in [0.717, 1.165) is 37.1 Å². The van der Waals surface area contributed by atoms with Gasteiger partial charge in [0, 0.05) is 37.9 Å². The van der Waals surface area contributed by atoms with Crippen molar-refractivity contribution in [3.63, 3.8) is 0 Å². The van der Waals surface area contributed by atoms with Gasteiger partial charge in [-0.2, -0.15) is 5.10 Å². The van der Waals surface area contributed by atoms with E-state index in [2.05, 4.69) is 23.1 Å². The summed E-state index contributed by atoms with van der Waals surface area (Å²) in [6, 6.07) is 8.40. The first-order valence-electron chi connectivity index (χ1n) is 9.31. The lowest BCUT2D eigenvalue weighted by Gasteiger charge is -2.25. The molecule has 1 heterocycles. The molecule has 1 aromatic carbocycles. The summed E-state index contributed by atoms with van der Waals surface area (Å²) in [4.78, 5) is 14.2. The van der Waals surface area contributed by atoms with Crippen molar-refractivity contribution in [1.29, 1.82) is 0 Å². The summed E-state index contributed by atoms with van der Waals surface area (Å²) in [7, 11) is 5.21. The molecule has 27 heavy (non-hydrogen) atoms. The van der Waals surface area contributed by atoms with E-state index < -0.39 is 0 Å². The fourth-order valence-corrected chi connectivity index (χ4v) is 3.56. The second kappa shape index (κ2) is 8.39. The highest BCUT2D eigenvalue weighted by Crippen LogP contribution is 2.26. The maximum Gasteiger partial charge on any atom is 0.274 e. The molecule has 0 spiro atoms. The Morgan fingerprint density at radius 2 is 2.30 bits per heavy atom. The minimum Gasteiger partial charge on any atom is -0.497 e. The fraction of sp³-hybridized carbons (Fsp3) is 0.429. The highest BCUT2D eigenvalue weighted by atomic mass is 16.5. The van der Waals surface area contributed by atoms with E-state index in [1.807, 2.05) is 29.0 Å².